The van der Waals surface area contributed by atoms with Gasteiger partial charge in [-0.25, -0.2) is 8.42 Å². The van der Waals surface area contributed by atoms with E-state index < -0.39 is 9.05 Å². The van der Waals surface area contributed by atoms with Gasteiger partial charge in [0.2, 0.25) is 0 Å². The Labute approximate surface area is 119 Å². The van der Waals surface area contributed by atoms with Crippen LogP contribution >= 0.6 is 10.7 Å². The van der Waals surface area contributed by atoms with E-state index in [0.29, 0.717) is 5.69 Å². The summed E-state index contributed by atoms with van der Waals surface area (Å²) < 4.78 is 30.4. The predicted molar refractivity (Wildman–Crippen MR) is 74.8 cm³/mol. The van der Waals surface area contributed by atoms with Crippen molar-refractivity contribution in [2.75, 3.05) is 0 Å². The average Bonchev–Trinajstić information content (AvgIpc) is 2.78. The van der Waals surface area contributed by atoms with E-state index >= 15 is 0 Å². The second-order valence-electron chi connectivity index (χ2n) is 4.63. The summed E-state index contributed by atoms with van der Waals surface area (Å²) in [5.41, 5.74) is 0.518. The molecular formula is C12H21ClN2O3S. The summed E-state index contributed by atoms with van der Waals surface area (Å²) in [6, 6.07) is 0.0997. The number of aromatic nitrogens is 2. The first-order chi connectivity index (χ1) is 8.81. The first-order valence-electron chi connectivity index (χ1n) is 6.43. The Morgan fingerprint density at radius 1 is 1.37 bits per heavy atom. The molecule has 0 saturated heterocycles. The molecule has 1 aromatic rings. The van der Waals surface area contributed by atoms with Gasteiger partial charge in [-0.05, 0) is 26.7 Å². The second-order valence-corrected chi connectivity index (χ2v) is 7.16. The maximum absolute atomic E-state index is 11.5. The monoisotopic (exact) mass is 308 g/mol. The van der Waals surface area contributed by atoms with E-state index in [9.17, 15) is 8.42 Å². The fourth-order valence-corrected chi connectivity index (χ4v) is 2.60. The molecule has 110 valence electrons. The molecule has 19 heavy (non-hydrogen) atoms. The molecule has 1 aromatic heterocycles. The smallest absolute Gasteiger partial charge is 0.264 e. The average molecular weight is 309 g/mol. The molecule has 0 saturated carbocycles. The molecule has 2 atom stereocenters. The van der Waals surface area contributed by atoms with Gasteiger partial charge in [0.25, 0.3) is 9.05 Å². The van der Waals surface area contributed by atoms with Crippen LogP contribution in [0.5, 0.6) is 0 Å². The van der Waals surface area contributed by atoms with Gasteiger partial charge in [0, 0.05) is 16.7 Å². The summed E-state index contributed by atoms with van der Waals surface area (Å²) in [6.07, 6.45) is 3.07. The van der Waals surface area contributed by atoms with Gasteiger partial charge >= 0.3 is 0 Å². The fraction of sp³-hybridized carbons (Fsp3) is 0.750. The lowest BCUT2D eigenvalue weighted by Crippen LogP contribution is -2.15. The van der Waals surface area contributed by atoms with Gasteiger partial charge in [-0.3, -0.25) is 4.68 Å². The lowest BCUT2D eigenvalue weighted by molar-refractivity contribution is 0.0446. The molecule has 0 unspecified atom stereocenters. The first-order valence-corrected chi connectivity index (χ1v) is 8.74. The van der Waals surface area contributed by atoms with E-state index in [-0.39, 0.29) is 23.6 Å². The van der Waals surface area contributed by atoms with Crippen molar-refractivity contribution in [3.05, 3.63) is 11.9 Å². The molecule has 5 nitrogen and oxygen atoms in total. The van der Waals surface area contributed by atoms with Crippen molar-refractivity contribution in [2.24, 2.45) is 0 Å². The Morgan fingerprint density at radius 2 is 2.00 bits per heavy atom. The highest BCUT2D eigenvalue weighted by atomic mass is 35.7. The van der Waals surface area contributed by atoms with E-state index in [0.717, 1.165) is 12.8 Å². The minimum atomic E-state index is -3.80. The molecule has 0 aliphatic heterocycles. The molecule has 0 radical (unpaired) electrons. The van der Waals surface area contributed by atoms with Gasteiger partial charge in [-0.15, -0.1) is 0 Å². The topological polar surface area (TPSA) is 61.2 Å². The Hall–Kier alpha value is -0.590. The maximum Gasteiger partial charge on any atom is 0.264 e. The molecule has 1 heterocycles. The normalized spacial score (nSPS) is 15.4. The van der Waals surface area contributed by atoms with Crippen LogP contribution in [0.25, 0.3) is 0 Å². The van der Waals surface area contributed by atoms with Crippen molar-refractivity contribution in [2.45, 2.75) is 64.2 Å². The van der Waals surface area contributed by atoms with Crippen LogP contribution in [0.2, 0.25) is 0 Å². The number of halogens is 1. The highest BCUT2D eigenvalue weighted by Crippen LogP contribution is 2.24. The Bertz CT molecular complexity index is 513. The molecule has 0 N–H and O–H groups in total. The number of hydrogen-bond acceptors (Lipinski definition) is 4. The number of ether oxygens (including phenoxy) is 1. The summed E-state index contributed by atoms with van der Waals surface area (Å²) in [6.45, 7) is 8.14. The van der Waals surface area contributed by atoms with Gasteiger partial charge in [0.05, 0.1) is 24.6 Å². The van der Waals surface area contributed by atoms with Gasteiger partial charge in [-0.2, -0.15) is 5.10 Å². The van der Waals surface area contributed by atoms with Crippen LogP contribution in [0.3, 0.4) is 0 Å². The minimum Gasteiger partial charge on any atom is -0.372 e. The fourth-order valence-electron chi connectivity index (χ4n) is 1.60. The summed E-state index contributed by atoms with van der Waals surface area (Å²) in [4.78, 5) is 0.0396. The third-order valence-corrected chi connectivity index (χ3v) is 4.58. The molecular weight excluding hydrogens is 288 g/mol. The van der Waals surface area contributed by atoms with Crippen LogP contribution in [0.4, 0.5) is 0 Å². The summed E-state index contributed by atoms with van der Waals surface area (Å²) >= 11 is 0. The van der Waals surface area contributed by atoms with Crippen molar-refractivity contribution in [1.29, 1.82) is 0 Å². The zero-order valence-electron chi connectivity index (χ0n) is 11.8. The maximum atomic E-state index is 11.5. The SMILES string of the molecule is CC[C@@H](C)n1ncc(S(=O)(=O)Cl)c1CO[C@@H](C)CC. The second kappa shape index (κ2) is 6.72. The Kier molecular flexibility index (Phi) is 5.82. The van der Waals surface area contributed by atoms with Gasteiger partial charge in [0.1, 0.15) is 4.90 Å². The lowest BCUT2D eigenvalue weighted by Gasteiger charge is -2.16. The van der Waals surface area contributed by atoms with Crippen LogP contribution in [-0.2, 0) is 20.4 Å². The molecule has 0 spiro atoms. The van der Waals surface area contributed by atoms with Crippen LogP contribution in [-0.4, -0.2) is 24.3 Å². The van der Waals surface area contributed by atoms with E-state index in [2.05, 4.69) is 5.10 Å². The molecule has 0 aromatic carbocycles. The predicted octanol–water partition coefficient (Wildman–Crippen LogP) is 3.10. The van der Waals surface area contributed by atoms with Crippen molar-refractivity contribution in [3.8, 4) is 0 Å². The number of rotatable bonds is 7. The molecule has 7 heteroatoms. The zero-order chi connectivity index (χ0) is 14.6. The summed E-state index contributed by atoms with van der Waals surface area (Å²) in [7, 11) is 1.64. The summed E-state index contributed by atoms with van der Waals surface area (Å²) in [5, 5.41) is 4.13. The quantitative estimate of drug-likeness (QED) is 0.726. The number of hydrogen-bond donors (Lipinski definition) is 0. The molecule has 0 aliphatic carbocycles. The third-order valence-electron chi connectivity index (χ3n) is 3.21. The van der Waals surface area contributed by atoms with E-state index in [1.165, 1.54) is 6.20 Å². The third kappa shape index (κ3) is 4.19. The standard InChI is InChI=1S/C12H21ClN2O3S/c1-5-9(3)15-11(8-18-10(4)6-2)12(7-14-15)19(13,16)17/h7,9-10H,5-6,8H2,1-4H3/t9-,10+/m1/s1. The molecule has 0 amide bonds. The highest BCUT2D eigenvalue weighted by Gasteiger charge is 2.23. The molecule has 0 fully saturated rings. The van der Waals surface area contributed by atoms with Crippen LogP contribution < -0.4 is 0 Å². The van der Waals surface area contributed by atoms with Gasteiger partial charge in [0.15, 0.2) is 0 Å². The minimum absolute atomic E-state index is 0.0396. The molecule has 0 aliphatic rings. The van der Waals surface area contributed by atoms with E-state index in [1.54, 1.807) is 4.68 Å². The Balaban J connectivity index is 3.11. The van der Waals surface area contributed by atoms with Gasteiger partial charge in [-0.1, -0.05) is 13.8 Å². The Morgan fingerprint density at radius 3 is 2.47 bits per heavy atom. The van der Waals surface area contributed by atoms with Crippen molar-refractivity contribution in [1.82, 2.24) is 9.78 Å². The summed E-state index contributed by atoms with van der Waals surface area (Å²) in [5.74, 6) is 0. The zero-order valence-corrected chi connectivity index (χ0v) is 13.3. The van der Waals surface area contributed by atoms with Crippen LogP contribution in [0.15, 0.2) is 11.1 Å². The molecule has 1 rings (SSSR count). The van der Waals surface area contributed by atoms with Crippen molar-refractivity contribution >= 4 is 19.7 Å². The van der Waals surface area contributed by atoms with Gasteiger partial charge < -0.3 is 4.74 Å². The van der Waals surface area contributed by atoms with Crippen molar-refractivity contribution < 1.29 is 13.2 Å². The lowest BCUT2D eigenvalue weighted by atomic mass is 10.2. The van der Waals surface area contributed by atoms with E-state index in [1.807, 2.05) is 27.7 Å². The van der Waals surface area contributed by atoms with Crippen molar-refractivity contribution in [3.63, 3.8) is 0 Å². The van der Waals surface area contributed by atoms with Crippen LogP contribution in [0, 0.1) is 0 Å². The molecule has 0 bridgehead atoms. The van der Waals surface area contributed by atoms with E-state index in [4.69, 9.17) is 15.4 Å². The van der Waals surface area contributed by atoms with Crippen LogP contribution in [0.1, 0.15) is 52.3 Å². The number of nitrogens with zero attached hydrogens (tertiary/aromatic N) is 2. The highest BCUT2D eigenvalue weighted by molar-refractivity contribution is 8.13. The first kappa shape index (κ1) is 16.5. The largest absolute Gasteiger partial charge is 0.372 e.